The summed E-state index contributed by atoms with van der Waals surface area (Å²) in [6, 6.07) is 6.25. The van der Waals surface area contributed by atoms with Crippen molar-refractivity contribution in [2.75, 3.05) is 26.0 Å². The molecule has 4 rings (SSSR count). The average molecular weight is 515 g/mol. The third-order valence-corrected chi connectivity index (χ3v) is 7.13. The van der Waals surface area contributed by atoms with Gasteiger partial charge in [-0.2, -0.15) is 0 Å². The van der Waals surface area contributed by atoms with E-state index < -0.39 is 17.5 Å². The van der Waals surface area contributed by atoms with Crippen LogP contribution in [-0.4, -0.2) is 36.8 Å². The van der Waals surface area contributed by atoms with E-state index in [9.17, 15) is 13.6 Å². The van der Waals surface area contributed by atoms with Crippen LogP contribution in [0.1, 0.15) is 53.1 Å². The van der Waals surface area contributed by atoms with Gasteiger partial charge < -0.3 is 4.74 Å². The Bertz CT molecular complexity index is 1000. The minimum Gasteiger partial charge on any atom is -0.493 e. The number of benzene rings is 2. The lowest BCUT2D eigenvalue weighted by atomic mass is 9.97. The maximum Gasteiger partial charge on any atom is 0.264 e. The number of carbonyl (C=O) groups is 1. The van der Waals surface area contributed by atoms with Gasteiger partial charge in [-0.15, -0.1) is 0 Å². The molecule has 1 amide bonds. The number of nitrogens with zero attached hydrogens (tertiary/aromatic N) is 1. The van der Waals surface area contributed by atoms with Crippen molar-refractivity contribution in [2.45, 2.75) is 38.1 Å². The molecule has 1 saturated heterocycles. The second-order valence-corrected chi connectivity index (χ2v) is 10.1. The second-order valence-electron chi connectivity index (χ2n) is 8.68. The highest BCUT2D eigenvalue weighted by atomic mass is 35.5. The van der Waals surface area contributed by atoms with Crippen LogP contribution >= 0.6 is 35.1 Å². The molecule has 0 radical (unpaired) electrons. The number of carbonyl (C=O) groups excluding carboxylic acids is 1. The first kappa shape index (κ1) is 24.6. The molecule has 0 unspecified atom stereocenters. The maximum atomic E-state index is 14.6. The van der Waals surface area contributed by atoms with Crippen molar-refractivity contribution in [1.29, 1.82) is 0 Å². The first-order chi connectivity index (χ1) is 15.9. The summed E-state index contributed by atoms with van der Waals surface area (Å²) in [5, 5.41) is 0.0767. The number of ether oxygens (including phenoxy) is 1. The molecule has 178 valence electrons. The van der Waals surface area contributed by atoms with Crippen LogP contribution in [0.15, 0.2) is 24.3 Å². The Morgan fingerprint density at radius 2 is 1.79 bits per heavy atom. The zero-order valence-corrected chi connectivity index (χ0v) is 20.6. The molecule has 0 spiro atoms. The van der Waals surface area contributed by atoms with Gasteiger partial charge in [0.05, 0.1) is 22.2 Å². The molecule has 1 N–H and O–H groups in total. The lowest BCUT2D eigenvalue weighted by Gasteiger charge is -2.32. The average Bonchev–Trinajstić information content (AvgIpc) is 3.62. The van der Waals surface area contributed by atoms with Crippen molar-refractivity contribution >= 4 is 41.1 Å². The fourth-order valence-corrected chi connectivity index (χ4v) is 5.04. The monoisotopic (exact) mass is 514 g/mol. The third-order valence-electron chi connectivity index (χ3n) is 6.19. The van der Waals surface area contributed by atoms with Gasteiger partial charge in [-0.3, -0.25) is 14.4 Å². The van der Waals surface area contributed by atoms with Crippen molar-refractivity contribution in [2.24, 2.45) is 5.92 Å². The Labute approximate surface area is 207 Å². The highest BCUT2D eigenvalue weighted by Crippen LogP contribution is 2.45. The number of likely N-dealkylation sites (tertiary alicyclic amines) is 1. The molecular formula is C24H26Cl2F2N2O2S. The SMILES string of the molecule is CSNC(=O)c1cc(C2CC2)c(OCC2CCN(Cc3cc(Cl)c(F)c(Cl)c3)CC2)cc1F. The Balaban J connectivity index is 1.33. The summed E-state index contributed by atoms with van der Waals surface area (Å²) in [6.07, 6.45) is 5.67. The molecule has 1 heterocycles. The highest BCUT2D eigenvalue weighted by molar-refractivity contribution is 7.97. The molecule has 2 aromatic carbocycles. The topological polar surface area (TPSA) is 41.6 Å². The van der Waals surface area contributed by atoms with E-state index in [0.717, 1.165) is 61.8 Å². The van der Waals surface area contributed by atoms with E-state index in [2.05, 4.69) is 9.62 Å². The molecule has 0 aromatic heterocycles. The molecule has 0 atom stereocenters. The molecular weight excluding hydrogens is 489 g/mol. The molecule has 33 heavy (non-hydrogen) atoms. The number of hydrogen-bond donors (Lipinski definition) is 1. The number of piperidine rings is 1. The van der Waals surface area contributed by atoms with Crippen LogP contribution in [-0.2, 0) is 6.54 Å². The van der Waals surface area contributed by atoms with E-state index in [1.54, 1.807) is 24.5 Å². The second kappa shape index (κ2) is 10.8. The summed E-state index contributed by atoms with van der Waals surface area (Å²) in [4.78, 5) is 14.4. The van der Waals surface area contributed by atoms with Gasteiger partial charge in [0.1, 0.15) is 11.6 Å². The van der Waals surface area contributed by atoms with E-state index in [1.807, 2.05) is 0 Å². The lowest BCUT2D eigenvalue weighted by Crippen LogP contribution is -2.35. The van der Waals surface area contributed by atoms with E-state index in [1.165, 1.54) is 6.07 Å². The molecule has 1 aliphatic heterocycles. The Morgan fingerprint density at radius 1 is 1.12 bits per heavy atom. The first-order valence-corrected chi connectivity index (χ1v) is 13.0. The van der Waals surface area contributed by atoms with E-state index in [0.29, 0.717) is 30.7 Å². The van der Waals surface area contributed by atoms with Gasteiger partial charge in [0, 0.05) is 18.9 Å². The van der Waals surface area contributed by atoms with E-state index in [-0.39, 0.29) is 15.6 Å². The van der Waals surface area contributed by atoms with E-state index >= 15 is 0 Å². The van der Waals surface area contributed by atoms with Crippen molar-refractivity contribution in [3.05, 3.63) is 62.6 Å². The zero-order valence-electron chi connectivity index (χ0n) is 18.3. The highest BCUT2D eigenvalue weighted by Gasteiger charge is 2.30. The minimum atomic E-state index is -0.585. The smallest absolute Gasteiger partial charge is 0.264 e. The van der Waals surface area contributed by atoms with Crippen LogP contribution in [0.4, 0.5) is 8.78 Å². The fourth-order valence-electron chi connectivity index (χ4n) is 4.21. The lowest BCUT2D eigenvalue weighted by molar-refractivity contribution is 0.0980. The molecule has 1 saturated carbocycles. The summed E-state index contributed by atoms with van der Waals surface area (Å²) >= 11 is 13.0. The standard InChI is InChI=1S/C24H26Cl2F2N2O2S/c1-33-29-24(31)18-10-17(16-2-3-16)22(11-21(18)27)32-13-14-4-6-30(7-5-14)12-15-8-19(25)23(28)20(26)9-15/h8-11,14,16H,2-7,12-13H2,1H3,(H,29,31). The Kier molecular flexibility index (Phi) is 8.05. The molecule has 9 heteroatoms. The summed E-state index contributed by atoms with van der Waals surface area (Å²) in [5.74, 6) is -0.336. The summed E-state index contributed by atoms with van der Waals surface area (Å²) in [7, 11) is 0. The molecule has 2 fully saturated rings. The van der Waals surface area contributed by atoms with Gasteiger partial charge in [-0.25, -0.2) is 8.78 Å². The van der Waals surface area contributed by atoms with Crippen LogP contribution in [0.5, 0.6) is 5.75 Å². The molecule has 2 aliphatic rings. The molecule has 0 bridgehead atoms. The van der Waals surface area contributed by atoms with E-state index in [4.69, 9.17) is 27.9 Å². The minimum absolute atomic E-state index is 0.0384. The number of hydrogen-bond acceptors (Lipinski definition) is 4. The zero-order chi connectivity index (χ0) is 23.5. The normalized spacial score (nSPS) is 17.2. The summed E-state index contributed by atoms with van der Waals surface area (Å²) in [6.45, 7) is 2.91. The predicted molar refractivity (Wildman–Crippen MR) is 129 cm³/mol. The van der Waals surface area contributed by atoms with Gasteiger partial charge in [-0.1, -0.05) is 35.1 Å². The van der Waals surface area contributed by atoms with Crippen LogP contribution in [0.3, 0.4) is 0 Å². The van der Waals surface area contributed by atoms with Gasteiger partial charge in [0.15, 0.2) is 5.82 Å². The summed E-state index contributed by atoms with van der Waals surface area (Å²) < 4.78 is 36.9. The van der Waals surface area contributed by atoms with Crippen molar-refractivity contribution in [1.82, 2.24) is 9.62 Å². The van der Waals surface area contributed by atoms with Crippen molar-refractivity contribution in [3.8, 4) is 5.75 Å². The first-order valence-electron chi connectivity index (χ1n) is 11.0. The van der Waals surface area contributed by atoms with Crippen molar-refractivity contribution < 1.29 is 18.3 Å². The van der Waals surface area contributed by atoms with Crippen LogP contribution in [0.25, 0.3) is 0 Å². The Morgan fingerprint density at radius 3 is 2.39 bits per heavy atom. The molecule has 1 aliphatic carbocycles. The quantitative estimate of drug-likeness (QED) is 0.324. The van der Waals surface area contributed by atoms with Gasteiger partial charge in [0.25, 0.3) is 5.91 Å². The Hall–Kier alpha value is -1.54. The maximum absolute atomic E-state index is 14.6. The van der Waals surface area contributed by atoms with Gasteiger partial charge in [-0.05, 0) is 79.9 Å². The number of halogens is 4. The van der Waals surface area contributed by atoms with Crippen LogP contribution in [0, 0.1) is 17.6 Å². The summed E-state index contributed by atoms with van der Waals surface area (Å²) in [5.41, 5.74) is 1.87. The predicted octanol–water partition coefficient (Wildman–Crippen LogP) is 6.45. The van der Waals surface area contributed by atoms with Gasteiger partial charge >= 0.3 is 0 Å². The van der Waals surface area contributed by atoms with Crippen molar-refractivity contribution in [3.63, 3.8) is 0 Å². The number of amides is 1. The largest absolute Gasteiger partial charge is 0.493 e. The van der Waals surface area contributed by atoms with Gasteiger partial charge in [0.2, 0.25) is 0 Å². The number of nitrogens with one attached hydrogen (secondary N) is 1. The molecule has 4 nitrogen and oxygen atoms in total. The van der Waals surface area contributed by atoms with Crippen LogP contribution in [0.2, 0.25) is 10.0 Å². The van der Waals surface area contributed by atoms with Crippen LogP contribution < -0.4 is 9.46 Å². The third kappa shape index (κ3) is 6.13. The fraction of sp³-hybridized carbons (Fsp3) is 0.458. The molecule has 2 aromatic rings. The number of rotatable bonds is 8.